The second-order valence-corrected chi connectivity index (χ2v) is 8.73. The summed E-state index contributed by atoms with van der Waals surface area (Å²) in [5.41, 5.74) is 0.664. The molecule has 5 rings (SSSR count). The molecule has 1 fully saturated rings. The molecule has 1 aliphatic heterocycles. The Morgan fingerprint density at radius 3 is 2.73 bits per heavy atom. The Hall–Kier alpha value is -3.58. The van der Waals surface area contributed by atoms with E-state index in [1.54, 1.807) is 30.3 Å². The Morgan fingerprint density at radius 2 is 1.94 bits per heavy atom. The van der Waals surface area contributed by atoms with Crippen molar-refractivity contribution in [2.24, 2.45) is 5.92 Å². The molecule has 170 valence electrons. The highest BCUT2D eigenvalue weighted by atomic mass is 16.5. The van der Waals surface area contributed by atoms with Crippen LogP contribution in [0.25, 0.3) is 33.1 Å². The molecular weight excluding hydrogens is 422 g/mol. The van der Waals surface area contributed by atoms with E-state index in [1.807, 2.05) is 6.07 Å². The van der Waals surface area contributed by atoms with Crippen LogP contribution in [0.2, 0.25) is 0 Å². The van der Waals surface area contributed by atoms with Crippen LogP contribution < -0.4 is 16.0 Å². The summed E-state index contributed by atoms with van der Waals surface area (Å²) in [4.78, 5) is 27.8. The number of para-hydroxylation sites is 1. The maximum Gasteiger partial charge on any atom is 0.344 e. The van der Waals surface area contributed by atoms with E-state index < -0.39 is 11.3 Å². The predicted molar refractivity (Wildman–Crippen MR) is 126 cm³/mol. The standard InChI is InChI=1S/C26H25NO6/c1-15-5-4-10-27(13-15)14-20-21(28)9-8-17-18(12-23(29)32-25(17)20)19-11-16-6-3-7-22(31-2)24(16)33-26(19)30/h3,6-9,11-12,15,28H,4-5,10,13-14H2,1-2H3/t15-/m0/s1. The smallest absolute Gasteiger partial charge is 0.344 e. The zero-order chi connectivity index (χ0) is 23.1. The van der Waals surface area contributed by atoms with Crippen molar-refractivity contribution >= 4 is 21.9 Å². The molecule has 0 aliphatic carbocycles. The number of fused-ring (bicyclic) bond motifs is 2. The number of hydrogen-bond acceptors (Lipinski definition) is 7. The minimum absolute atomic E-state index is 0.0660. The Morgan fingerprint density at radius 1 is 1.09 bits per heavy atom. The van der Waals surface area contributed by atoms with Gasteiger partial charge in [-0.15, -0.1) is 0 Å². The van der Waals surface area contributed by atoms with Gasteiger partial charge in [0.2, 0.25) is 0 Å². The number of aromatic hydroxyl groups is 1. The number of methoxy groups -OCH3 is 1. The molecule has 2 aromatic carbocycles. The van der Waals surface area contributed by atoms with Crippen LogP contribution in [0.15, 0.2) is 60.9 Å². The van der Waals surface area contributed by atoms with Crippen LogP contribution in [0.4, 0.5) is 0 Å². The number of nitrogens with zero attached hydrogens (tertiary/aromatic N) is 1. The first-order valence-corrected chi connectivity index (χ1v) is 11.1. The van der Waals surface area contributed by atoms with Crippen LogP contribution in [0, 0.1) is 5.92 Å². The Bertz CT molecular complexity index is 1470. The van der Waals surface area contributed by atoms with Crippen LogP contribution >= 0.6 is 0 Å². The summed E-state index contributed by atoms with van der Waals surface area (Å²) in [6, 6.07) is 11.6. The topological polar surface area (TPSA) is 93.1 Å². The van der Waals surface area contributed by atoms with Gasteiger partial charge in [0, 0.05) is 35.5 Å². The van der Waals surface area contributed by atoms with Gasteiger partial charge in [-0.05, 0) is 49.6 Å². The molecule has 1 N–H and O–H groups in total. The average molecular weight is 447 g/mol. The molecule has 3 heterocycles. The zero-order valence-corrected chi connectivity index (χ0v) is 18.6. The lowest BCUT2D eigenvalue weighted by Crippen LogP contribution is -2.33. The fourth-order valence-corrected chi connectivity index (χ4v) is 4.77. The van der Waals surface area contributed by atoms with Gasteiger partial charge in [0.25, 0.3) is 0 Å². The molecule has 7 nitrogen and oxygen atoms in total. The molecule has 1 saturated heterocycles. The zero-order valence-electron chi connectivity index (χ0n) is 18.6. The first kappa shape index (κ1) is 21.3. The summed E-state index contributed by atoms with van der Waals surface area (Å²) in [7, 11) is 1.51. The van der Waals surface area contributed by atoms with Crippen LogP contribution in [0.5, 0.6) is 11.5 Å². The number of piperidine rings is 1. The van der Waals surface area contributed by atoms with Gasteiger partial charge in [-0.1, -0.05) is 19.1 Å². The highest BCUT2D eigenvalue weighted by Crippen LogP contribution is 2.35. The number of likely N-dealkylation sites (tertiary alicyclic amines) is 1. The van der Waals surface area contributed by atoms with Crippen LogP contribution in [0.1, 0.15) is 25.3 Å². The van der Waals surface area contributed by atoms with Gasteiger partial charge in [0.1, 0.15) is 11.3 Å². The third-order valence-electron chi connectivity index (χ3n) is 6.35. The summed E-state index contributed by atoms with van der Waals surface area (Å²) in [5, 5.41) is 11.9. The van der Waals surface area contributed by atoms with Crippen molar-refractivity contribution in [3.05, 3.63) is 68.9 Å². The molecule has 0 bridgehead atoms. The van der Waals surface area contributed by atoms with E-state index >= 15 is 0 Å². The van der Waals surface area contributed by atoms with Gasteiger partial charge < -0.3 is 18.7 Å². The van der Waals surface area contributed by atoms with Crippen molar-refractivity contribution in [2.45, 2.75) is 26.3 Å². The van der Waals surface area contributed by atoms with Crippen molar-refractivity contribution < 1.29 is 18.7 Å². The Balaban J connectivity index is 1.70. The van der Waals surface area contributed by atoms with E-state index in [0.717, 1.165) is 19.5 Å². The Kier molecular flexibility index (Phi) is 5.42. The highest BCUT2D eigenvalue weighted by Gasteiger charge is 2.22. The molecule has 0 spiro atoms. The van der Waals surface area contributed by atoms with Gasteiger partial charge in [0.05, 0.1) is 18.2 Å². The van der Waals surface area contributed by atoms with E-state index in [9.17, 15) is 14.7 Å². The SMILES string of the molecule is COc1cccc2cc(-c3cc(=O)oc4c(CN5CCC[C@H](C)C5)c(O)ccc34)c(=O)oc12. The van der Waals surface area contributed by atoms with Gasteiger partial charge in [-0.2, -0.15) is 0 Å². The largest absolute Gasteiger partial charge is 0.507 e. The molecule has 4 aromatic rings. The molecule has 0 amide bonds. The molecular formula is C26H25NO6. The maximum atomic E-state index is 12.9. The molecule has 7 heteroatoms. The lowest BCUT2D eigenvalue weighted by atomic mass is 9.97. The maximum absolute atomic E-state index is 12.9. The van der Waals surface area contributed by atoms with E-state index in [1.165, 1.54) is 19.6 Å². The molecule has 2 aromatic heterocycles. The average Bonchev–Trinajstić information content (AvgIpc) is 2.80. The quantitative estimate of drug-likeness (QED) is 0.460. The van der Waals surface area contributed by atoms with Crippen molar-refractivity contribution in [2.75, 3.05) is 20.2 Å². The van der Waals surface area contributed by atoms with E-state index in [4.69, 9.17) is 13.6 Å². The normalized spacial score (nSPS) is 17.0. The van der Waals surface area contributed by atoms with E-state index in [-0.39, 0.29) is 11.3 Å². The number of benzene rings is 2. The van der Waals surface area contributed by atoms with Crippen molar-refractivity contribution in [3.8, 4) is 22.6 Å². The van der Waals surface area contributed by atoms with Crippen LogP contribution in [-0.2, 0) is 6.54 Å². The molecule has 0 saturated carbocycles. The Labute approximate surface area is 189 Å². The number of ether oxygens (including phenoxy) is 1. The second-order valence-electron chi connectivity index (χ2n) is 8.73. The van der Waals surface area contributed by atoms with E-state index in [0.29, 0.717) is 51.3 Å². The lowest BCUT2D eigenvalue weighted by molar-refractivity contribution is 0.175. The lowest BCUT2D eigenvalue weighted by Gasteiger charge is -2.31. The number of phenolic OH excluding ortho intramolecular Hbond substituents is 1. The molecule has 33 heavy (non-hydrogen) atoms. The number of phenols is 1. The number of hydrogen-bond donors (Lipinski definition) is 1. The highest BCUT2D eigenvalue weighted by molar-refractivity contribution is 5.97. The summed E-state index contributed by atoms with van der Waals surface area (Å²) in [6.45, 7) is 4.50. The first-order valence-electron chi connectivity index (χ1n) is 11.1. The third-order valence-corrected chi connectivity index (χ3v) is 6.35. The summed E-state index contributed by atoms with van der Waals surface area (Å²) < 4.78 is 16.4. The minimum atomic E-state index is -0.596. The summed E-state index contributed by atoms with van der Waals surface area (Å²) in [5.74, 6) is 1.09. The second kappa shape index (κ2) is 8.41. The first-order chi connectivity index (χ1) is 15.9. The van der Waals surface area contributed by atoms with Gasteiger partial charge >= 0.3 is 11.3 Å². The molecule has 0 radical (unpaired) electrons. The van der Waals surface area contributed by atoms with Crippen LogP contribution in [0.3, 0.4) is 0 Å². The van der Waals surface area contributed by atoms with Crippen molar-refractivity contribution in [1.29, 1.82) is 0 Å². The number of rotatable bonds is 4. The fraction of sp³-hybridized carbons (Fsp3) is 0.308. The van der Waals surface area contributed by atoms with Crippen molar-refractivity contribution in [1.82, 2.24) is 4.90 Å². The molecule has 1 aliphatic rings. The summed E-state index contributed by atoms with van der Waals surface area (Å²) in [6.07, 6.45) is 2.27. The van der Waals surface area contributed by atoms with Gasteiger partial charge in [0.15, 0.2) is 11.3 Å². The van der Waals surface area contributed by atoms with E-state index in [2.05, 4.69) is 11.8 Å². The minimum Gasteiger partial charge on any atom is -0.507 e. The monoisotopic (exact) mass is 447 g/mol. The molecule has 0 unspecified atom stereocenters. The van der Waals surface area contributed by atoms with Gasteiger partial charge in [-0.3, -0.25) is 4.90 Å². The van der Waals surface area contributed by atoms with Crippen molar-refractivity contribution in [3.63, 3.8) is 0 Å². The van der Waals surface area contributed by atoms with Gasteiger partial charge in [-0.25, -0.2) is 9.59 Å². The predicted octanol–water partition coefficient (Wildman–Crippen LogP) is 4.51. The fourth-order valence-electron chi connectivity index (χ4n) is 4.77. The molecule has 1 atom stereocenters. The van der Waals surface area contributed by atoms with Crippen LogP contribution in [-0.4, -0.2) is 30.2 Å². The third kappa shape index (κ3) is 3.89. The summed E-state index contributed by atoms with van der Waals surface area (Å²) >= 11 is 0.